The zero-order valence-corrected chi connectivity index (χ0v) is 9.11. The number of nitrogens with zero attached hydrogens (tertiary/aromatic N) is 1. The third-order valence-electron chi connectivity index (χ3n) is 3.45. The van der Waals surface area contributed by atoms with Gasteiger partial charge in [0, 0.05) is 19.1 Å². The van der Waals surface area contributed by atoms with Crippen LogP contribution in [0.25, 0.3) is 0 Å². The number of aliphatic hydroxyl groups excluding tert-OH is 1. The van der Waals surface area contributed by atoms with Gasteiger partial charge in [0.1, 0.15) is 0 Å². The van der Waals surface area contributed by atoms with E-state index in [-0.39, 0.29) is 18.1 Å². The van der Waals surface area contributed by atoms with Crippen molar-refractivity contribution in [1.29, 1.82) is 0 Å². The maximum absolute atomic E-state index is 11.7. The predicted octanol–water partition coefficient (Wildman–Crippen LogP) is 0.112. The molecule has 0 aromatic carbocycles. The summed E-state index contributed by atoms with van der Waals surface area (Å²) in [6.07, 6.45) is 4.95. The van der Waals surface area contributed by atoms with E-state index >= 15 is 0 Å². The Morgan fingerprint density at radius 1 is 1.27 bits per heavy atom. The first-order valence-electron chi connectivity index (χ1n) is 5.96. The van der Waals surface area contributed by atoms with Gasteiger partial charge in [-0.2, -0.15) is 0 Å². The molecule has 1 heterocycles. The maximum atomic E-state index is 11.7. The Morgan fingerprint density at radius 2 is 2.00 bits per heavy atom. The fraction of sp³-hybridized carbons (Fsp3) is 0.909. The standard InChI is InChI=1S/C11H20N2O2/c14-10-5-3-4-9(10)12-8-11(15)13-6-1-2-7-13/h9-10,12,14H,1-8H2/t9-,10-/m0/s1. The summed E-state index contributed by atoms with van der Waals surface area (Å²) in [6, 6.07) is 0.136. The van der Waals surface area contributed by atoms with Crippen LogP contribution in [-0.2, 0) is 4.79 Å². The van der Waals surface area contributed by atoms with Crippen molar-refractivity contribution in [2.75, 3.05) is 19.6 Å². The maximum Gasteiger partial charge on any atom is 0.236 e. The smallest absolute Gasteiger partial charge is 0.236 e. The summed E-state index contributed by atoms with van der Waals surface area (Å²) in [7, 11) is 0. The van der Waals surface area contributed by atoms with E-state index in [1.807, 2.05) is 4.90 Å². The summed E-state index contributed by atoms with van der Waals surface area (Å²) in [6.45, 7) is 2.21. The third kappa shape index (κ3) is 2.69. The lowest BCUT2D eigenvalue weighted by atomic mass is 10.2. The molecule has 2 atom stereocenters. The predicted molar refractivity (Wildman–Crippen MR) is 57.5 cm³/mol. The molecule has 1 amide bonds. The van der Waals surface area contributed by atoms with Gasteiger partial charge in [0.25, 0.3) is 0 Å². The monoisotopic (exact) mass is 212 g/mol. The first-order valence-corrected chi connectivity index (χ1v) is 5.96. The number of nitrogens with one attached hydrogen (secondary N) is 1. The third-order valence-corrected chi connectivity index (χ3v) is 3.45. The highest BCUT2D eigenvalue weighted by atomic mass is 16.3. The minimum absolute atomic E-state index is 0.136. The van der Waals surface area contributed by atoms with Crippen LogP contribution < -0.4 is 5.32 Å². The van der Waals surface area contributed by atoms with Crippen LogP contribution >= 0.6 is 0 Å². The Balaban J connectivity index is 1.70. The average molecular weight is 212 g/mol. The summed E-state index contributed by atoms with van der Waals surface area (Å²) in [5.41, 5.74) is 0. The molecule has 1 saturated carbocycles. The number of hydrogen-bond donors (Lipinski definition) is 2. The molecule has 4 heteroatoms. The van der Waals surface area contributed by atoms with Crippen molar-refractivity contribution in [2.45, 2.75) is 44.2 Å². The van der Waals surface area contributed by atoms with Crippen LogP contribution in [0.15, 0.2) is 0 Å². The Morgan fingerprint density at radius 3 is 2.60 bits per heavy atom. The first kappa shape index (κ1) is 10.9. The number of carbonyl (C=O) groups excluding carboxylic acids is 1. The average Bonchev–Trinajstić information content (AvgIpc) is 2.85. The molecule has 15 heavy (non-hydrogen) atoms. The fourth-order valence-corrected chi connectivity index (χ4v) is 2.48. The van der Waals surface area contributed by atoms with Crippen LogP contribution in [0.1, 0.15) is 32.1 Å². The van der Waals surface area contributed by atoms with Crippen LogP contribution in [0.4, 0.5) is 0 Å². The molecule has 0 bridgehead atoms. The van der Waals surface area contributed by atoms with Crippen LogP contribution in [0.3, 0.4) is 0 Å². The molecule has 0 aromatic rings. The molecule has 2 rings (SSSR count). The summed E-state index contributed by atoms with van der Waals surface area (Å²) in [5.74, 6) is 0.187. The number of likely N-dealkylation sites (tertiary alicyclic amines) is 1. The second kappa shape index (κ2) is 4.94. The molecule has 1 aliphatic heterocycles. The molecule has 2 N–H and O–H groups in total. The molecule has 86 valence electrons. The van der Waals surface area contributed by atoms with Crippen LogP contribution in [0.5, 0.6) is 0 Å². The van der Waals surface area contributed by atoms with E-state index in [0.717, 1.165) is 45.2 Å². The van der Waals surface area contributed by atoms with E-state index < -0.39 is 0 Å². The van der Waals surface area contributed by atoms with Crippen molar-refractivity contribution in [1.82, 2.24) is 10.2 Å². The summed E-state index contributed by atoms with van der Waals surface area (Å²) in [5, 5.41) is 12.7. The van der Waals surface area contributed by atoms with E-state index in [1.165, 1.54) is 0 Å². The number of amides is 1. The van der Waals surface area contributed by atoms with Crippen molar-refractivity contribution in [3.05, 3.63) is 0 Å². The van der Waals surface area contributed by atoms with E-state index in [2.05, 4.69) is 5.32 Å². The SMILES string of the molecule is O=C(CN[C@H]1CCC[C@@H]1O)N1CCCC1. The normalized spacial score (nSPS) is 31.1. The molecule has 1 aliphatic carbocycles. The van der Waals surface area contributed by atoms with Crippen LogP contribution in [-0.4, -0.2) is 47.7 Å². The van der Waals surface area contributed by atoms with Crippen molar-refractivity contribution in [3.63, 3.8) is 0 Å². The second-order valence-electron chi connectivity index (χ2n) is 4.57. The molecule has 0 spiro atoms. The van der Waals surface area contributed by atoms with E-state index in [4.69, 9.17) is 0 Å². The van der Waals surface area contributed by atoms with Crippen molar-refractivity contribution >= 4 is 5.91 Å². The lowest BCUT2D eigenvalue weighted by Crippen LogP contribution is -2.43. The molecule has 1 saturated heterocycles. The molecule has 0 unspecified atom stereocenters. The number of hydrogen-bond acceptors (Lipinski definition) is 3. The molecule has 2 fully saturated rings. The lowest BCUT2D eigenvalue weighted by molar-refractivity contribution is -0.129. The number of aliphatic hydroxyl groups is 1. The minimum Gasteiger partial charge on any atom is -0.392 e. The zero-order chi connectivity index (χ0) is 10.7. The molecular weight excluding hydrogens is 192 g/mol. The highest BCUT2D eigenvalue weighted by molar-refractivity contribution is 5.78. The molecule has 4 nitrogen and oxygen atoms in total. The quantitative estimate of drug-likeness (QED) is 0.698. The summed E-state index contributed by atoms with van der Waals surface area (Å²) >= 11 is 0. The van der Waals surface area contributed by atoms with E-state index in [9.17, 15) is 9.90 Å². The molecule has 0 aromatic heterocycles. The summed E-state index contributed by atoms with van der Waals surface area (Å²) in [4.78, 5) is 13.6. The van der Waals surface area contributed by atoms with Crippen molar-refractivity contribution in [3.8, 4) is 0 Å². The Kier molecular flexibility index (Phi) is 3.59. The Bertz CT molecular complexity index is 227. The topological polar surface area (TPSA) is 52.6 Å². The molecule has 0 radical (unpaired) electrons. The van der Waals surface area contributed by atoms with Gasteiger partial charge in [-0.1, -0.05) is 0 Å². The minimum atomic E-state index is -0.253. The Hall–Kier alpha value is -0.610. The van der Waals surface area contributed by atoms with Gasteiger partial charge in [-0.15, -0.1) is 0 Å². The highest BCUT2D eigenvalue weighted by Crippen LogP contribution is 2.18. The highest BCUT2D eigenvalue weighted by Gasteiger charge is 2.26. The lowest BCUT2D eigenvalue weighted by Gasteiger charge is -2.19. The van der Waals surface area contributed by atoms with E-state index in [0.29, 0.717) is 6.54 Å². The van der Waals surface area contributed by atoms with Gasteiger partial charge in [0.2, 0.25) is 5.91 Å². The second-order valence-corrected chi connectivity index (χ2v) is 4.57. The van der Waals surface area contributed by atoms with Gasteiger partial charge in [-0.25, -0.2) is 0 Å². The fourth-order valence-electron chi connectivity index (χ4n) is 2.48. The first-order chi connectivity index (χ1) is 7.27. The Labute approximate surface area is 90.6 Å². The van der Waals surface area contributed by atoms with Crippen molar-refractivity contribution < 1.29 is 9.90 Å². The largest absolute Gasteiger partial charge is 0.392 e. The van der Waals surface area contributed by atoms with Gasteiger partial charge < -0.3 is 15.3 Å². The van der Waals surface area contributed by atoms with Crippen molar-refractivity contribution in [2.24, 2.45) is 0 Å². The van der Waals surface area contributed by atoms with Gasteiger partial charge in [-0.05, 0) is 32.1 Å². The van der Waals surface area contributed by atoms with Gasteiger partial charge in [0.15, 0.2) is 0 Å². The van der Waals surface area contributed by atoms with E-state index in [1.54, 1.807) is 0 Å². The van der Waals surface area contributed by atoms with Crippen LogP contribution in [0.2, 0.25) is 0 Å². The van der Waals surface area contributed by atoms with Gasteiger partial charge in [-0.3, -0.25) is 4.79 Å². The van der Waals surface area contributed by atoms with Gasteiger partial charge >= 0.3 is 0 Å². The number of rotatable bonds is 3. The molecule has 2 aliphatic rings. The summed E-state index contributed by atoms with van der Waals surface area (Å²) < 4.78 is 0. The number of carbonyl (C=O) groups is 1. The van der Waals surface area contributed by atoms with Crippen LogP contribution in [0, 0.1) is 0 Å². The van der Waals surface area contributed by atoms with Gasteiger partial charge in [0.05, 0.1) is 12.6 Å². The molecular formula is C11H20N2O2. The zero-order valence-electron chi connectivity index (χ0n) is 9.11.